The molecule has 1 heterocycles. The fourth-order valence-corrected chi connectivity index (χ4v) is 1.59. The molecule has 1 N–H and O–H groups in total. The molecule has 0 amide bonds. The zero-order valence-electron chi connectivity index (χ0n) is 8.97. The highest BCUT2D eigenvalue weighted by Gasteiger charge is 2.01. The number of pyridine rings is 1. The Balaban J connectivity index is 1.92. The topological polar surface area (TPSA) is 40.4 Å². The van der Waals surface area contributed by atoms with Crippen LogP contribution in [-0.4, -0.2) is 4.98 Å². The first-order chi connectivity index (χ1) is 7.84. The Morgan fingerprint density at radius 2 is 1.69 bits per heavy atom. The number of hydrogen-bond acceptors (Lipinski definition) is 2. The van der Waals surface area contributed by atoms with Gasteiger partial charge in [-0.2, -0.15) is 0 Å². The summed E-state index contributed by atoms with van der Waals surface area (Å²) in [5.74, 6) is 0. The van der Waals surface area contributed by atoms with E-state index in [9.17, 15) is 5.21 Å². The van der Waals surface area contributed by atoms with E-state index in [2.05, 4.69) is 4.98 Å². The number of hydrogen-bond donors (Lipinski definition) is 1. The van der Waals surface area contributed by atoms with Crippen molar-refractivity contribution in [2.75, 3.05) is 0 Å². The van der Waals surface area contributed by atoms with Crippen LogP contribution in [-0.2, 0) is 13.1 Å². The third-order valence-electron chi connectivity index (χ3n) is 2.35. The average Bonchev–Trinajstić information content (AvgIpc) is 2.31. The fraction of sp³-hybridized carbons (Fsp3) is 0.154. The van der Waals surface area contributed by atoms with Crippen LogP contribution >= 0.6 is 0 Å². The van der Waals surface area contributed by atoms with Crippen molar-refractivity contribution in [3.8, 4) is 0 Å². The van der Waals surface area contributed by atoms with E-state index in [4.69, 9.17) is 0 Å². The van der Waals surface area contributed by atoms with E-state index in [0.29, 0.717) is 13.1 Å². The van der Waals surface area contributed by atoms with Crippen molar-refractivity contribution < 1.29 is 5.06 Å². The second-order valence-corrected chi connectivity index (χ2v) is 3.70. The van der Waals surface area contributed by atoms with Crippen LogP contribution in [0.5, 0.6) is 0 Å². The Hall–Kier alpha value is -1.71. The minimum absolute atomic E-state index is 0.199. The van der Waals surface area contributed by atoms with Crippen molar-refractivity contribution in [3.05, 3.63) is 71.2 Å². The van der Waals surface area contributed by atoms with Gasteiger partial charge in [0.15, 0.2) is 0 Å². The maximum atomic E-state index is 11.7. The minimum Gasteiger partial charge on any atom is -0.634 e. The first kappa shape index (κ1) is 10.8. The van der Waals surface area contributed by atoms with Gasteiger partial charge in [0.05, 0.1) is 5.69 Å². The predicted molar refractivity (Wildman–Crippen MR) is 62.4 cm³/mol. The van der Waals surface area contributed by atoms with Crippen molar-refractivity contribution in [2.45, 2.75) is 13.1 Å². The summed E-state index contributed by atoms with van der Waals surface area (Å²) in [5.41, 5.74) is 1.90. The number of aromatic nitrogens is 1. The molecule has 0 aliphatic carbocycles. The predicted octanol–water partition coefficient (Wildman–Crippen LogP) is 1.16. The number of benzene rings is 1. The molecule has 1 atom stereocenters. The van der Waals surface area contributed by atoms with Crippen molar-refractivity contribution in [2.24, 2.45) is 0 Å². The van der Waals surface area contributed by atoms with Crippen LogP contribution in [0.2, 0.25) is 0 Å². The molecule has 0 fully saturated rings. The number of rotatable bonds is 4. The molecule has 3 heteroatoms. The second kappa shape index (κ2) is 5.39. The smallest absolute Gasteiger partial charge is 0.120 e. The zero-order valence-corrected chi connectivity index (χ0v) is 8.97. The highest BCUT2D eigenvalue weighted by Crippen LogP contribution is 1.96. The van der Waals surface area contributed by atoms with Gasteiger partial charge in [-0.15, -0.1) is 0 Å². The molecule has 0 aliphatic heterocycles. The van der Waals surface area contributed by atoms with E-state index in [-0.39, 0.29) is 5.06 Å². The lowest BCUT2D eigenvalue weighted by molar-refractivity contribution is -0.877. The summed E-state index contributed by atoms with van der Waals surface area (Å²) in [4.78, 5) is 4.14. The number of quaternary nitrogens is 1. The fourth-order valence-electron chi connectivity index (χ4n) is 1.59. The molecule has 16 heavy (non-hydrogen) atoms. The van der Waals surface area contributed by atoms with E-state index >= 15 is 0 Å². The third kappa shape index (κ3) is 3.15. The first-order valence-corrected chi connectivity index (χ1v) is 5.30. The Morgan fingerprint density at radius 3 is 2.38 bits per heavy atom. The van der Waals surface area contributed by atoms with Gasteiger partial charge in [0.2, 0.25) is 0 Å². The van der Waals surface area contributed by atoms with E-state index in [1.165, 1.54) is 0 Å². The molecular formula is C13H14N2O. The monoisotopic (exact) mass is 214 g/mol. The summed E-state index contributed by atoms with van der Waals surface area (Å²) < 4.78 is 0. The van der Waals surface area contributed by atoms with Gasteiger partial charge >= 0.3 is 0 Å². The summed E-state index contributed by atoms with van der Waals surface area (Å²) >= 11 is 0. The van der Waals surface area contributed by atoms with E-state index in [1.54, 1.807) is 6.20 Å². The molecule has 0 saturated carbocycles. The normalized spacial score (nSPS) is 12.3. The molecule has 0 bridgehead atoms. The molecule has 1 unspecified atom stereocenters. The number of nitrogens with zero attached hydrogens (tertiary/aromatic N) is 1. The van der Waals surface area contributed by atoms with E-state index in [0.717, 1.165) is 11.3 Å². The zero-order chi connectivity index (χ0) is 11.2. The SMILES string of the molecule is [O-][NH+](Cc1ccccc1)Cc1ccccn1. The average molecular weight is 214 g/mol. The van der Waals surface area contributed by atoms with Crippen LogP contribution in [0.4, 0.5) is 0 Å². The molecule has 2 rings (SSSR count). The van der Waals surface area contributed by atoms with Crippen LogP contribution in [0.1, 0.15) is 11.3 Å². The molecule has 3 nitrogen and oxygen atoms in total. The van der Waals surface area contributed by atoms with Gasteiger partial charge in [-0.25, -0.2) is 0 Å². The summed E-state index contributed by atoms with van der Waals surface area (Å²) in [6, 6.07) is 15.4. The molecule has 82 valence electrons. The van der Waals surface area contributed by atoms with Crippen molar-refractivity contribution in [3.63, 3.8) is 0 Å². The molecule has 1 aromatic carbocycles. The maximum absolute atomic E-state index is 11.7. The molecular weight excluding hydrogens is 200 g/mol. The van der Waals surface area contributed by atoms with Crippen LogP contribution < -0.4 is 5.06 Å². The molecule has 0 radical (unpaired) electrons. The van der Waals surface area contributed by atoms with Gasteiger partial charge in [0.1, 0.15) is 13.1 Å². The summed E-state index contributed by atoms with van der Waals surface area (Å²) in [6.45, 7) is 0.896. The van der Waals surface area contributed by atoms with E-state index in [1.807, 2.05) is 48.5 Å². The van der Waals surface area contributed by atoms with E-state index < -0.39 is 0 Å². The van der Waals surface area contributed by atoms with Crippen LogP contribution in [0.3, 0.4) is 0 Å². The van der Waals surface area contributed by atoms with Crippen LogP contribution in [0, 0.1) is 5.21 Å². The summed E-state index contributed by atoms with van der Waals surface area (Å²) in [7, 11) is 0. The quantitative estimate of drug-likeness (QED) is 0.776. The Morgan fingerprint density at radius 1 is 0.938 bits per heavy atom. The molecule has 2 aromatic rings. The Kier molecular flexibility index (Phi) is 3.64. The van der Waals surface area contributed by atoms with Gasteiger partial charge in [-0.1, -0.05) is 36.4 Å². The lowest BCUT2D eigenvalue weighted by Crippen LogP contribution is -3.04. The summed E-state index contributed by atoms with van der Waals surface area (Å²) in [5, 5.41) is 11.9. The minimum atomic E-state index is 0.199. The van der Waals surface area contributed by atoms with Crippen molar-refractivity contribution in [1.29, 1.82) is 0 Å². The standard InChI is InChI=1S/C13H14N2O/c16-15(10-12-6-2-1-3-7-12)11-13-8-4-5-9-14-13/h1-9,15H,10-11H2. The van der Waals surface area contributed by atoms with Gasteiger partial charge in [-0.3, -0.25) is 4.98 Å². The van der Waals surface area contributed by atoms with Crippen molar-refractivity contribution >= 4 is 0 Å². The largest absolute Gasteiger partial charge is 0.634 e. The molecule has 1 aromatic heterocycles. The Labute approximate surface area is 94.9 Å². The Bertz CT molecular complexity index is 375. The summed E-state index contributed by atoms with van der Waals surface area (Å²) in [6.07, 6.45) is 1.71. The number of nitrogens with one attached hydrogen (secondary N) is 1. The lowest BCUT2D eigenvalue weighted by Gasteiger charge is -2.21. The van der Waals surface area contributed by atoms with Crippen LogP contribution in [0.25, 0.3) is 0 Å². The highest BCUT2D eigenvalue weighted by atomic mass is 16.5. The van der Waals surface area contributed by atoms with Gasteiger partial charge in [0.25, 0.3) is 0 Å². The molecule has 0 saturated heterocycles. The second-order valence-electron chi connectivity index (χ2n) is 3.70. The number of hydroxylamine groups is 2. The van der Waals surface area contributed by atoms with Gasteiger partial charge < -0.3 is 10.3 Å². The molecule has 0 aliphatic rings. The highest BCUT2D eigenvalue weighted by molar-refractivity contribution is 5.13. The van der Waals surface area contributed by atoms with Gasteiger partial charge in [0, 0.05) is 11.8 Å². The first-order valence-electron chi connectivity index (χ1n) is 5.30. The third-order valence-corrected chi connectivity index (χ3v) is 2.35. The van der Waals surface area contributed by atoms with Gasteiger partial charge in [-0.05, 0) is 12.1 Å². The molecule has 0 spiro atoms. The van der Waals surface area contributed by atoms with Crippen LogP contribution in [0.15, 0.2) is 54.7 Å². The van der Waals surface area contributed by atoms with Crippen molar-refractivity contribution in [1.82, 2.24) is 4.98 Å². The maximum Gasteiger partial charge on any atom is 0.120 e. The lowest BCUT2D eigenvalue weighted by atomic mass is 10.2.